The number of hydrogen-bond acceptors (Lipinski definition) is 6. The molecule has 2 saturated heterocycles. The van der Waals surface area contributed by atoms with Gasteiger partial charge in [-0.05, 0) is 71.1 Å². The Morgan fingerprint density at radius 3 is 2.45 bits per heavy atom. The number of carbonyl (C=O) groups excluding carboxylic acids is 2. The molecular weight excluding hydrogens is 370 g/mol. The summed E-state index contributed by atoms with van der Waals surface area (Å²) in [6.45, 7) is 13.0. The molecule has 1 aromatic heterocycles. The van der Waals surface area contributed by atoms with Crippen LogP contribution < -0.4 is 0 Å². The molecule has 1 aromatic rings. The standard InChI is InChI=1S/C22H35N3O4/c1-4-29-22(27)20-16(2)21(23-17(20)3)19(26)15-25-9-6-18(7-10-25)5-8-24-11-13-28-14-12-24/h18,23H,4-15H2,1-3H3. The average Bonchev–Trinajstić information content (AvgIpc) is 3.02. The molecule has 7 nitrogen and oxygen atoms in total. The molecule has 0 amide bonds. The lowest BCUT2D eigenvalue weighted by molar-refractivity contribution is 0.0335. The Balaban J connectivity index is 1.47. The molecule has 0 saturated carbocycles. The summed E-state index contributed by atoms with van der Waals surface area (Å²) in [5.41, 5.74) is 2.44. The van der Waals surface area contributed by atoms with Gasteiger partial charge in [-0.1, -0.05) is 0 Å². The van der Waals surface area contributed by atoms with Crippen LogP contribution in [0.5, 0.6) is 0 Å². The molecule has 7 heteroatoms. The van der Waals surface area contributed by atoms with Crippen LogP contribution in [0.3, 0.4) is 0 Å². The molecule has 29 heavy (non-hydrogen) atoms. The van der Waals surface area contributed by atoms with Gasteiger partial charge in [0.05, 0.1) is 37.6 Å². The van der Waals surface area contributed by atoms with E-state index < -0.39 is 0 Å². The maximum atomic E-state index is 12.8. The summed E-state index contributed by atoms with van der Waals surface area (Å²) in [7, 11) is 0. The fraction of sp³-hybridized carbons (Fsp3) is 0.727. The Labute approximate surface area is 173 Å². The SMILES string of the molecule is CCOC(=O)c1c(C)[nH]c(C(=O)CN2CCC(CCN3CCOCC3)CC2)c1C. The van der Waals surface area contributed by atoms with Crippen molar-refractivity contribution in [2.24, 2.45) is 5.92 Å². The van der Waals surface area contributed by atoms with Crippen LogP contribution >= 0.6 is 0 Å². The van der Waals surface area contributed by atoms with Crippen LogP contribution in [0, 0.1) is 19.8 Å². The fourth-order valence-corrected chi connectivity index (χ4v) is 4.44. The maximum Gasteiger partial charge on any atom is 0.340 e. The molecule has 0 unspecified atom stereocenters. The van der Waals surface area contributed by atoms with Crippen molar-refractivity contribution in [2.45, 2.75) is 40.0 Å². The normalized spacial score (nSPS) is 19.4. The molecule has 3 rings (SSSR count). The third-order valence-corrected chi connectivity index (χ3v) is 6.23. The number of carbonyl (C=O) groups is 2. The molecule has 0 aromatic carbocycles. The van der Waals surface area contributed by atoms with Crippen molar-refractivity contribution < 1.29 is 19.1 Å². The summed E-state index contributed by atoms with van der Waals surface area (Å²) in [6.07, 6.45) is 3.53. The topological polar surface area (TPSA) is 74.9 Å². The number of likely N-dealkylation sites (tertiary alicyclic amines) is 1. The Morgan fingerprint density at radius 1 is 1.10 bits per heavy atom. The molecule has 0 bridgehead atoms. The average molecular weight is 406 g/mol. The number of Topliss-reactive ketones (excluding diaryl/α,β-unsaturated/α-hetero) is 1. The first kappa shape index (κ1) is 22.0. The number of aryl methyl sites for hydroxylation is 1. The van der Waals surface area contributed by atoms with Gasteiger partial charge in [0.2, 0.25) is 0 Å². The van der Waals surface area contributed by atoms with E-state index in [4.69, 9.17) is 9.47 Å². The Hall–Kier alpha value is -1.70. The summed E-state index contributed by atoms with van der Waals surface area (Å²) in [6, 6.07) is 0. The van der Waals surface area contributed by atoms with E-state index >= 15 is 0 Å². The van der Waals surface area contributed by atoms with E-state index in [2.05, 4.69) is 14.8 Å². The van der Waals surface area contributed by atoms with E-state index in [1.807, 2.05) is 13.8 Å². The van der Waals surface area contributed by atoms with Gasteiger partial charge in [0.15, 0.2) is 5.78 Å². The van der Waals surface area contributed by atoms with Gasteiger partial charge in [-0.3, -0.25) is 14.6 Å². The van der Waals surface area contributed by atoms with Crippen molar-refractivity contribution in [1.29, 1.82) is 0 Å². The second kappa shape index (κ2) is 10.4. The molecule has 0 spiro atoms. The highest BCUT2D eigenvalue weighted by molar-refractivity contribution is 6.02. The van der Waals surface area contributed by atoms with E-state index in [1.54, 1.807) is 6.92 Å². The number of piperidine rings is 1. The monoisotopic (exact) mass is 405 g/mol. The Kier molecular flexibility index (Phi) is 7.86. The highest BCUT2D eigenvalue weighted by Crippen LogP contribution is 2.23. The van der Waals surface area contributed by atoms with Gasteiger partial charge in [0, 0.05) is 18.8 Å². The van der Waals surface area contributed by atoms with E-state index in [0.717, 1.165) is 64.7 Å². The first-order valence-corrected chi connectivity index (χ1v) is 10.9. The van der Waals surface area contributed by atoms with Crippen molar-refractivity contribution in [3.8, 4) is 0 Å². The highest BCUT2D eigenvalue weighted by atomic mass is 16.5. The lowest BCUT2D eigenvalue weighted by atomic mass is 9.93. The molecule has 1 N–H and O–H groups in total. The minimum atomic E-state index is -0.362. The molecule has 0 radical (unpaired) electrons. The number of ether oxygens (including phenoxy) is 2. The zero-order chi connectivity index (χ0) is 20.8. The first-order valence-electron chi connectivity index (χ1n) is 10.9. The number of hydrogen-bond donors (Lipinski definition) is 1. The summed E-state index contributed by atoms with van der Waals surface area (Å²) in [4.78, 5) is 32.9. The summed E-state index contributed by atoms with van der Waals surface area (Å²) < 4.78 is 10.5. The second-order valence-electron chi connectivity index (χ2n) is 8.23. The summed E-state index contributed by atoms with van der Waals surface area (Å²) in [5, 5.41) is 0. The zero-order valence-corrected chi connectivity index (χ0v) is 18.1. The van der Waals surface area contributed by atoms with Gasteiger partial charge < -0.3 is 14.5 Å². The van der Waals surface area contributed by atoms with Crippen LogP contribution in [0.2, 0.25) is 0 Å². The fourth-order valence-electron chi connectivity index (χ4n) is 4.44. The Bertz CT molecular complexity index is 701. The molecule has 3 heterocycles. The van der Waals surface area contributed by atoms with Crippen molar-refractivity contribution >= 4 is 11.8 Å². The number of morpholine rings is 1. The lowest BCUT2D eigenvalue weighted by Gasteiger charge is -2.33. The van der Waals surface area contributed by atoms with E-state index in [1.165, 1.54) is 6.42 Å². The zero-order valence-electron chi connectivity index (χ0n) is 18.1. The van der Waals surface area contributed by atoms with Gasteiger partial charge in [0.1, 0.15) is 0 Å². The van der Waals surface area contributed by atoms with E-state index in [9.17, 15) is 9.59 Å². The number of ketones is 1. The number of rotatable bonds is 8. The quantitative estimate of drug-likeness (QED) is 0.529. The number of H-pyrrole nitrogens is 1. The molecule has 0 atom stereocenters. The predicted octanol–water partition coefficient (Wildman–Crippen LogP) is 2.43. The van der Waals surface area contributed by atoms with Crippen molar-refractivity contribution in [2.75, 3.05) is 59.1 Å². The van der Waals surface area contributed by atoms with Crippen LogP contribution in [0.1, 0.15) is 58.3 Å². The number of aromatic nitrogens is 1. The van der Waals surface area contributed by atoms with Crippen LogP contribution in [0.25, 0.3) is 0 Å². The van der Waals surface area contributed by atoms with Crippen molar-refractivity contribution in [3.63, 3.8) is 0 Å². The molecule has 162 valence electrons. The lowest BCUT2D eigenvalue weighted by Crippen LogP contribution is -2.40. The van der Waals surface area contributed by atoms with Crippen LogP contribution in [-0.4, -0.2) is 85.6 Å². The van der Waals surface area contributed by atoms with Crippen molar-refractivity contribution in [1.82, 2.24) is 14.8 Å². The molecular formula is C22H35N3O4. The first-order chi connectivity index (χ1) is 14.0. The van der Waals surface area contributed by atoms with Gasteiger partial charge in [-0.15, -0.1) is 0 Å². The van der Waals surface area contributed by atoms with Gasteiger partial charge in [0.25, 0.3) is 0 Å². The van der Waals surface area contributed by atoms with Crippen LogP contribution in [-0.2, 0) is 9.47 Å². The number of aromatic amines is 1. The largest absolute Gasteiger partial charge is 0.462 e. The van der Waals surface area contributed by atoms with Gasteiger partial charge >= 0.3 is 5.97 Å². The number of esters is 1. The van der Waals surface area contributed by atoms with E-state index in [-0.39, 0.29) is 11.8 Å². The van der Waals surface area contributed by atoms with E-state index in [0.29, 0.717) is 35.7 Å². The minimum absolute atomic E-state index is 0.0490. The second-order valence-corrected chi connectivity index (χ2v) is 8.23. The molecule has 2 aliphatic heterocycles. The van der Waals surface area contributed by atoms with Gasteiger partial charge in [-0.2, -0.15) is 0 Å². The number of nitrogens with zero attached hydrogens (tertiary/aromatic N) is 2. The summed E-state index contributed by atoms with van der Waals surface area (Å²) >= 11 is 0. The number of nitrogens with one attached hydrogen (secondary N) is 1. The third kappa shape index (κ3) is 5.68. The minimum Gasteiger partial charge on any atom is -0.462 e. The molecule has 2 aliphatic rings. The van der Waals surface area contributed by atoms with Crippen LogP contribution in [0.15, 0.2) is 0 Å². The van der Waals surface area contributed by atoms with Crippen LogP contribution in [0.4, 0.5) is 0 Å². The third-order valence-electron chi connectivity index (χ3n) is 6.23. The maximum absolute atomic E-state index is 12.8. The smallest absolute Gasteiger partial charge is 0.340 e. The molecule has 0 aliphatic carbocycles. The summed E-state index contributed by atoms with van der Waals surface area (Å²) in [5.74, 6) is 0.431. The predicted molar refractivity (Wildman–Crippen MR) is 112 cm³/mol. The van der Waals surface area contributed by atoms with Gasteiger partial charge in [-0.25, -0.2) is 4.79 Å². The van der Waals surface area contributed by atoms with Crippen molar-refractivity contribution in [3.05, 3.63) is 22.5 Å². The molecule has 2 fully saturated rings. The highest BCUT2D eigenvalue weighted by Gasteiger charge is 2.26. The Morgan fingerprint density at radius 2 is 1.79 bits per heavy atom.